The summed E-state index contributed by atoms with van der Waals surface area (Å²) < 4.78 is 24.7. The van der Waals surface area contributed by atoms with Crippen molar-refractivity contribution in [3.05, 3.63) is 28.7 Å². The Balaban J connectivity index is 3.00. The minimum absolute atomic E-state index is 0.0765. The molecular weight excluding hydrogens is 206 g/mol. The van der Waals surface area contributed by atoms with Gasteiger partial charge in [-0.3, -0.25) is 4.79 Å². The lowest BCUT2D eigenvalue weighted by Crippen LogP contribution is -2.24. The predicted molar refractivity (Wildman–Crippen MR) is 47.9 cm³/mol. The normalized spacial score (nSPS) is 10.8. The second kappa shape index (κ2) is 4.04. The van der Waals surface area contributed by atoms with Gasteiger partial charge < -0.3 is 4.98 Å². The van der Waals surface area contributed by atoms with E-state index in [1.807, 2.05) is 4.72 Å². The molecule has 0 amide bonds. The van der Waals surface area contributed by atoms with Gasteiger partial charge in [-0.25, -0.2) is 8.42 Å². The van der Waals surface area contributed by atoms with Crippen LogP contribution in [0, 0.1) is 11.3 Å². The number of rotatable bonds is 3. The third-order valence-corrected chi connectivity index (χ3v) is 2.81. The van der Waals surface area contributed by atoms with E-state index >= 15 is 0 Å². The Labute approximate surface area is 80.2 Å². The van der Waals surface area contributed by atoms with Crippen LogP contribution in [0.25, 0.3) is 0 Å². The Morgan fingerprint density at radius 2 is 2.21 bits per heavy atom. The van der Waals surface area contributed by atoms with E-state index in [-0.39, 0.29) is 17.0 Å². The molecule has 74 valence electrons. The molecule has 0 spiro atoms. The number of nitrogens with one attached hydrogen (secondary N) is 2. The Kier molecular flexibility index (Phi) is 3.01. The molecule has 6 nitrogen and oxygen atoms in total. The summed E-state index contributed by atoms with van der Waals surface area (Å²) in [5, 5.41) is 8.19. The standard InChI is InChI=1S/C7H7N3O3S/c8-3-4-10-14(12,13)6-1-2-7(11)9-5-6/h1-2,5,10H,4H2,(H,9,11). The van der Waals surface area contributed by atoms with Gasteiger partial charge in [0.1, 0.15) is 0 Å². The fourth-order valence-corrected chi connectivity index (χ4v) is 1.66. The first-order chi connectivity index (χ1) is 6.56. The molecule has 0 bridgehead atoms. The summed E-state index contributed by atoms with van der Waals surface area (Å²) in [7, 11) is -3.68. The van der Waals surface area contributed by atoms with Gasteiger partial charge in [0.15, 0.2) is 0 Å². The highest BCUT2D eigenvalue weighted by Gasteiger charge is 2.12. The first kappa shape index (κ1) is 10.4. The van der Waals surface area contributed by atoms with Gasteiger partial charge in [-0.2, -0.15) is 9.98 Å². The zero-order valence-corrected chi connectivity index (χ0v) is 7.84. The van der Waals surface area contributed by atoms with E-state index in [1.54, 1.807) is 6.07 Å². The molecule has 0 aromatic carbocycles. The van der Waals surface area contributed by atoms with E-state index in [0.29, 0.717) is 0 Å². The van der Waals surface area contributed by atoms with E-state index < -0.39 is 10.0 Å². The van der Waals surface area contributed by atoms with Crippen molar-refractivity contribution in [1.82, 2.24) is 9.71 Å². The number of sulfonamides is 1. The van der Waals surface area contributed by atoms with Crippen LogP contribution in [-0.2, 0) is 10.0 Å². The van der Waals surface area contributed by atoms with Crippen molar-refractivity contribution in [2.24, 2.45) is 0 Å². The fraction of sp³-hybridized carbons (Fsp3) is 0.143. The van der Waals surface area contributed by atoms with E-state index in [1.165, 1.54) is 6.07 Å². The number of hydrogen-bond acceptors (Lipinski definition) is 4. The number of aromatic nitrogens is 1. The maximum absolute atomic E-state index is 11.3. The molecule has 0 aliphatic carbocycles. The van der Waals surface area contributed by atoms with E-state index in [2.05, 4.69) is 4.98 Å². The van der Waals surface area contributed by atoms with Crippen LogP contribution in [0.1, 0.15) is 0 Å². The number of H-pyrrole nitrogens is 1. The van der Waals surface area contributed by atoms with Crippen LogP contribution < -0.4 is 10.3 Å². The van der Waals surface area contributed by atoms with Gasteiger partial charge in [0.25, 0.3) is 0 Å². The minimum Gasteiger partial charge on any atom is -0.328 e. The van der Waals surface area contributed by atoms with Crippen LogP contribution >= 0.6 is 0 Å². The van der Waals surface area contributed by atoms with E-state index in [0.717, 1.165) is 12.3 Å². The molecule has 0 radical (unpaired) electrons. The summed E-state index contributed by atoms with van der Waals surface area (Å²) in [6, 6.07) is 3.91. The third kappa shape index (κ3) is 2.42. The largest absolute Gasteiger partial charge is 0.328 e. The van der Waals surface area contributed by atoms with Crippen LogP contribution in [0.4, 0.5) is 0 Å². The SMILES string of the molecule is N#CCNS(=O)(=O)c1ccc(=O)[nH]c1. The highest BCUT2D eigenvalue weighted by atomic mass is 32.2. The molecule has 14 heavy (non-hydrogen) atoms. The van der Waals surface area contributed by atoms with E-state index in [4.69, 9.17) is 5.26 Å². The van der Waals surface area contributed by atoms with Crippen molar-refractivity contribution in [2.45, 2.75) is 4.90 Å². The average molecular weight is 213 g/mol. The summed E-state index contributed by atoms with van der Waals surface area (Å²) in [5.41, 5.74) is -0.385. The second-order valence-electron chi connectivity index (χ2n) is 2.37. The summed E-state index contributed by atoms with van der Waals surface area (Å²) >= 11 is 0. The van der Waals surface area contributed by atoms with Crippen LogP contribution in [0.15, 0.2) is 28.0 Å². The number of nitriles is 1. The number of aromatic amines is 1. The van der Waals surface area contributed by atoms with Crippen molar-refractivity contribution in [1.29, 1.82) is 5.26 Å². The molecule has 1 aromatic heterocycles. The van der Waals surface area contributed by atoms with Crippen molar-refractivity contribution in [3.8, 4) is 6.07 Å². The number of hydrogen-bond donors (Lipinski definition) is 2. The molecule has 0 saturated heterocycles. The topological polar surface area (TPSA) is 103 Å². The van der Waals surface area contributed by atoms with Gasteiger partial charge in [0, 0.05) is 12.3 Å². The van der Waals surface area contributed by atoms with Gasteiger partial charge >= 0.3 is 0 Å². The van der Waals surface area contributed by atoms with Crippen molar-refractivity contribution >= 4 is 10.0 Å². The summed E-state index contributed by atoms with van der Waals surface area (Å²) in [6.45, 7) is -0.304. The van der Waals surface area contributed by atoms with Crippen LogP contribution in [0.2, 0.25) is 0 Å². The summed E-state index contributed by atoms with van der Waals surface area (Å²) in [4.78, 5) is 12.8. The summed E-state index contributed by atoms with van der Waals surface area (Å²) in [6.07, 6.45) is 1.07. The molecule has 0 saturated carbocycles. The smallest absolute Gasteiger partial charge is 0.247 e. The number of nitrogens with zero attached hydrogens (tertiary/aromatic N) is 1. The molecule has 0 unspecified atom stereocenters. The van der Waals surface area contributed by atoms with Crippen molar-refractivity contribution < 1.29 is 8.42 Å². The molecule has 1 aromatic rings. The lowest BCUT2D eigenvalue weighted by molar-refractivity contribution is 0.585. The summed E-state index contributed by atoms with van der Waals surface area (Å²) in [5.74, 6) is 0. The highest BCUT2D eigenvalue weighted by molar-refractivity contribution is 7.89. The fourth-order valence-electron chi connectivity index (χ4n) is 0.774. The van der Waals surface area contributed by atoms with Crippen LogP contribution in [-0.4, -0.2) is 19.9 Å². The Morgan fingerprint density at radius 1 is 1.50 bits per heavy atom. The first-order valence-corrected chi connectivity index (χ1v) is 5.10. The maximum Gasteiger partial charge on any atom is 0.247 e. The molecular formula is C7H7N3O3S. The second-order valence-corrected chi connectivity index (χ2v) is 4.14. The third-order valence-electron chi connectivity index (χ3n) is 1.41. The monoisotopic (exact) mass is 213 g/mol. The zero-order chi connectivity index (χ0) is 10.6. The molecule has 0 fully saturated rings. The quantitative estimate of drug-likeness (QED) is 0.640. The van der Waals surface area contributed by atoms with Crippen molar-refractivity contribution in [3.63, 3.8) is 0 Å². The minimum atomic E-state index is -3.68. The maximum atomic E-state index is 11.3. The molecule has 0 aliphatic rings. The molecule has 2 N–H and O–H groups in total. The Hall–Kier alpha value is -1.65. The lowest BCUT2D eigenvalue weighted by Gasteiger charge is -2.01. The molecule has 0 aliphatic heterocycles. The van der Waals surface area contributed by atoms with Gasteiger partial charge in [-0.1, -0.05) is 0 Å². The molecule has 1 heterocycles. The molecule has 1 rings (SSSR count). The van der Waals surface area contributed by atoms with Crippen LogP contribution in [0.3, 0.4) is 0 Å². The zero-order valence-electron chi connectivity index (χ0n) is 7.02. The van der Waals surface area contributed by atoms with E-state index in [9.17, 15) is 13.2 Å². The first-order valence-electron chi connectivity index (χ1n) is 3.61. The average Bonchev–Trinajstić information content (AvgIpc) is 2.16. The Bertz CT molecular complexity index is 491. The van der Waals surface area contributed by atoms with Gasteiger partial charge in [0.05, 0.1) is 17.5 Å². The van der Waals surface area contributed by atoms with Gasteiger partial charge in [0.2, 0.25) is 15.6 Å². The van der Waals surface area contributed by atoms with Crippen molar-refractivity contribution in [2.75, 3.05) is 6.54 Å². The predicted octanol–water partition coefficient (Wildman–Crippen LogP) is -0.823. The van der Waals surface area contributed by atoms with Gasteiger partial charge in [-0.05, 0) is 6.07 Å². The van der Waals surface area contributed by atoms with Crippen LogP contribution in [0.5, 0.6) is 0 Å². The highest BCUT2D eigenvalue weighted by Crippen LogP contribution is 2.02. The van der Waals surface area contributed by atoms with Gasteiger partial charge in [-0.15, -0.1) is 0 Å². The molecule has 0 atom stereocenters. The Morgan fingerprint density at radius 3 is 2.71 bits per heavy atom. The lowest BCUT2D eigenvalue weighted by atomic mass is 10.5. The number of pyridine rings is 1. The molecule has 7 heteroatoms.